The van der Waals surface area contributed by atoms with Gasteiger partial charge in [0.2, 0.25) is 10.7 Å². The van der Waals surface area contributed by atoms with Crippen LogP contribution in [0.2, 0.25) is 0 Å². The summed E-state index contributed by atoms with van der Waals surface area (Å²) < 4.78 is 4.82. The van der Waals surface area contributed by atoms with Gasteiger partial charge in [-0.1, -0.05) is 18.2 Å². The van der Waals surface area contributed by atoms with Crippen molar-refractivity contribution in [3.63, 3.8) is 0 Å². The van der Waals surface area contributed by atoms with Crippen molar-refractivity contribution >= 4 is 34.7 Å². The highest BCUT2D eigenvalue weighted by Crippen LogP contribution is 2.21. The molecule has 0 amide bonds. The van der Waals surface area contributed by atoms with Crippen LogP contribution >= 0.6 is 12.2 Å². The molecule has 8 heteroatoms. The number of hydrogen-bond donors (Lipinski definition) is 1. The molecule has 3 aromatic heterocycles. The molecule has 0 radical (unpaired) electrons. The molecule has 1 aliphatic rings. The molecular weight excluding hydrogens is 370 g/mol. The molecule has 28 heavy (non-hydrogen) atoms. The summed E-state index contributed by atoms with van der Waals surface area (Å²) in [6, 6.07) is 12.3. The number of hydrogen-bond acceptors (Lipinski definition) is 5. The van der Waals surface area contributed by atoms with Gasteiger partial charge in [0.05, 0.1) is 31.7 Å². The van der Waals surface area contributed by atoms with E-state index in [9.17, 15) is 0 Å². The first-order valence-corrected chi connectivity index (χ1v) is 9.95. The van der Waals surface area contributed by atoms with Crippen molar-refractivity contribution in [2.24, 2.45) is 0 Å². The molecule has 4 aromatic rings. The number of para-hydroxylation sites is 1. The van der Waals surface area contributed by atoms with Gasteiger partial charge in [0.1, 0.15) is 0 Å². The van der Waals surface area contributed by atoms with Crippen LogP contribution in [-0.4, -0.2) is 50.3 Å². The fourth-order valence-electron chi connectivity index (χ4n) is 3.97. The Morgan fingerprint density at radius 3 is 2.61 bits per heavy atom. The number of anilines is 1. The van der Waals surface area contributed by atoms with Crippen LogP contribution in [0.5, 0.6) is 0 Å². The van der Waals surface area contributed by atoms with Crippen molar-refractivity contribution < 1.29 is 4.90 Å². The second-order valence-corrected chi connectivity index (χ2v) is 7.63. The number of piperazine rings is 1. The van der Waals surface area contributed by atoms with E-state index >= 15 is 0 Å². The van der Waals surface area contributed by atoms with Gasteiger partial charge in [-0.25, -0.2) is 9.97 Å². The predicted octanol–water partition coefficient (Wildman–Crippen LogP) is 1.48. The zero-order chi connectivity index (χ0) is 19.1. The summed E-state index contributed by atoms with van der Waals surface area (Å²) in [7, 11) is 0. The Morgan fingerprint density at radius 1 is 1.07 bits per heavy atom. The van der Waals surface area contributed by atoms with Crippen LogP contribution in [0, 0.1) is 11.7 Å². The summed E-state index contributed by atoms with van der Waals surface area (Å²) in [5, 5.41) is 6.03. The molecule has 0 spiro atoms. The van der Waals surface area contributed by atoms with Gasteiger partial charge in [-0.2, -0.15) is 4.68 Å². The predicted molar refractivity (Wildman–Crippen MR) is 111 cm³/mol. The highest BCUT2D eigenvalue weighted by atomic mass is 32.1. The van der Waals surface area contributed by atoms with Gasteiger partial charge in [-0.15, -0.1) is 5.10 Å². The van der Waals surface area contributed by atoms with Gasteiger partial charge in [0.15, 0.2) is 12.3 Å². The van der Waals surface area contributed by atoms with E-state index in [1.54, 1.807) is 12.4 Å². The van der Waals surface area contributed by atoms with E-state index in [1.165, 1.54) is 15.8 Å². The number of nitrogens with zero attached hydrogens (tertiary/aromatic N) is 6. The van der Waals surface area contributed by atoms with E-state index in [-0.39, 0.29) is 0 Å². The second-order valence-electron chi connectivity index (χ2n) is 7.26. The number of aryl methyl sites for hydroxylation is 1. The third-order valence-corrected chi connectivity index (χ3v) is 5.85. The highest BCUT2D eigenvalue weighted by molar-refractivity contribution is 7.71. The average molecular weight is 393 g/mol. The van der Waals surface area contributed by atoms with Crippen LogP contribution in [0.25, 0.3) is 16.6 Å². The molecule has 1 N–H and O–H groups in total. The lowest BCUT2D eigenvalue weighted by Gasteiger charge is -2.31. The molecule has 4 heterocycles. The van der Waals surface area contributed by atoms with Crippen LogP contribution < -0.4 is 9.80 Å². The second kappa shape index (κ2) is 6.96. The standard InChI is InChI=1S/C20H21N7S/c1-15-13-18-23-26(20(28)27(18)17-6-3-2-5-16(15)17)14-24-9-11-25(12-10-24)19-21-7-4-8-22-19/h2-8,13H,9-12,14H2,1H3/p+1. The molecule has 0 bridgehead atoms. The van der Waals surface area contributed by atoms with Crippen LogP contribution in [-0.2, 0) is 6.67 Å². The molecule has 0 aliphatic carbocycles. The Kier molecular flexibility index (Phi) is 4.29. The topological polar surface area (TPSA) is 55.7 Å². The van der Waals surface area contributed by atoms with Gasteiger partial charge in [0.25, 0.3) is 0 Å². The third-order valence-electron chi connectivity index (χ3n) is 5.46. The molecule has 5 rings (SSSR count). The monoisotopic (exact) mass is 392 g/mol. The Morgan fingerprint density at radius 2 is 1.82 bits per heavy atom. The molecule has 0 atom stereocenters. The lowest BCUT2D eigenvalue weighted by atomic mass is 10.1. The molecule has 1 aromatic carbocycles. The lowest BCUT2D eigenvalue weighted by molar-refractivity contribution is -0.924. The van der Waals surface area contributed by atoms with Gasteiger partial charge >= 0.3 is 0 Å². The van der Waals surface area contributed by atoms with Gasteiger partial charge in [0, 0.05) is 17.8 Å². The molecule has 0 saturated carbocycles. The van der Waals surface area contributed by atoms with Crippen molar-refractivity contribution in [3.8, 4) is 0 Å². The van der Waals surface area contributed by atoms with E-state index in [0.29, 0.717) is 0 Å². The zero-order valence-electron chi connectivity index (χ0n) is 15.7. The van der Waals surface area contributed by atoms with Gasteiger partial charge in [-0.3, -0.25) is 4.40 Å². The fourth-order valence-corrected chi connectivity index (χ4v) is 4.27. The summed E-state index contributed by atoms with van der Waals surface area (Å²) in [4.78, 5) is 12.4. The molecule has 142 valence electrons. The summed E-state index contributed by atoms with van der Waals surface area (Å²) in [5.74, 6) is 0.813. The normalized spacial score (nSPS) is 15.5. The van der Waals surface area contributed by atoms with Gasteiger partial charge in [-0.05, 0) is 42.9 Å². The minimum atomic E-state index is 0.757. The highest BCUT2D eigenvalue weighted by Gasteiger charge is 2.22. The van der Waals surface area contributed by atoms with Crippen LogP contribution in [0.1, 0.15) is 5.56 Å². The maximum absolute atomic E-state index is 5.79. The van der Waals surface area contributed by atoms with Crippen molar-refractivity contribution in [3.05, 3.63) is 59.1 Å². The number of quaternary nitrogens is 1. The SMILES string of the molecule is Cc1cc2nn(C[NH+]3CCN(c4ncccn4)CC3)c(=S)n2c2ccccc12. The summed E-state index contributed by atoms with van der Waals surface area (Å²) in [6.45, 7) is 6.78. The Balaban J connectivity index is 1.40. The summed E-state index contributed by atoms with van der Waals surface area (Å²) >= 11 is 5.79. The first-order chi connectivity index (χ1) is 13.7. The van der Waals surface area contributed by atoms with Crippen molar-refractivity contribution in [2.45, 2.75) is 13.6 Å². The van der Waals surface area contributed by atoms with Crippen molar-refractivity contribution in [1.29, 1.82) is 0 Å². The number of benzene rings is 1. The van der Waals surface area contributed by atoms with Crippen LogP contribution in [0.3, 0.4) is 0 Å². The average Bonchev–Trinajstić information content (AvgIpc) is 3.04. The number of rotatable bonds is 3. The van der Waals surface area contributed by atoms with E-state index in [4.69, 9.17) is 17.3 Å². The molecule has 1 aliphatic heterocycles. The molecule has 1 fully saturated rings. The maximum Gasteiger partial charge on any atom is 0.225 e. The zero-order valence-corrected chi connectivity index (χ0v) is 16.6. The molecule has 0 unspecified atom stereocenters. The van der Waals surface area contributed by atoms with E-state index in [0.717, 1.165) is 54.7 Å². The Labute approximate surface area is 167 Å². The van der Waals surface area contributed by atoms with E-state index < -0.39 is 0 Å². The lowest BCUT2D eigenvalue weighted by Crippen LogP contribution is -3.14. The number of fused-ring (bicyclic) bond motifs is 3. The number of nitrogens with one attached hydrogen (secondary N) is 1. The van der Waals surface area contributed by atoms with E-state index in [1.807, 2.05) is 10.7 Å². The smallest absolute Gasteiger partial charge is 0.225 e. The first kappa shape index (κ1) is 17.3. The Hall–Kier alpha value is -2.84. The Bertz CT molecular complexity index is 1190. The maximum atomic E-state index is 5.79. The molecule has 7 nitrogen and oxygen atoms in total. The third kappa shape index (κ3) is 2.94. The van der Waals surface area contributed by atoms with Crippen LogP contribution in [0.4, 0.5) is 5.95 Å². The first-order valence-electron chi connectivity index (χ1n) is 9.54. The van der Waals surface area contributed by atoms with E-state index in [2.05, 4.69) is 56.5 Å². The number of pyridine rings is 1. The van der Waals surface area contributed by atoms with Crippen LogP contribution in [0.15, 0.2) is 48.8 Å². The van der Waals surface area contributed by atoms with Gasteiger partial charge < -0.3 is 9.80 Å². The minimum Gasteiger partial charge on any atom is -0.330 e. The van der Waals surface area contributed by atoms with Crippen molar-refractivity contribution in [2.75, 3.05) is 31.1 Å². The molecular formula is C20H22N7S+. The number of aromatic nitrogens is 5. The van der Waals surface area contributed by atoms with Crippen molar-refractivity contribution in [1.82, 2.24) is 24.1 Å². The minimum absolute atomic E-state index is 0.757. The fraction of sp³-hybridized carbons (Fsp3) is 0.300. The quantitative estimate of drug-likeness (QED) is 0.535. The largest absolute Gasteiger partial charge is 0.330 e. The summed E-state index contributed by atoms with van der Waals surface area (Å²) in [6.07, 6.45) is 3.59. The molecule has 1 saturated heterocycles. The summed E-state index contributed by atoms with van der Waals surface area (Å²) in [5.41, 5.74) is 3.26.